The number of aromatic carboxylic acids is 1. The summed E-state index contributed by atoms with van der Waals surface area (Å²) in [7, 11) is 1.57. The Balaban J connectivity index is 2.08. The number of aryl methyl sites for hydroxylation is 2. The van der Waals surface area contributed by atoms with Crippen molar-refractivity contribution in [2.45, 2.75) is 19.8 Å². The van der Waals surface area contributed by atoms with E-state index in [0.29, 0.717) is 17.1 Å². The molecule has 0 saturated heterocycles. The Kier molecular flexibility index (Phi) is 4.64. The lowest BCUT2D eigenvalue weighted by Crippen LogP contribution is -2.27. The number of carbonyl (C=O) groups excluding carboxylic acids is 1. The summed E-state index contributed by atoms with van der Waals surface area (Å²) in [5.41, 5.74) is 1.49. The molecule has 0 spiro atoms. The summed E-state index contributed by atoms with van der Waals surface area (Å²) in [6, 6.07) is 3.72. The quantitative estimate of drug-likeness (QED) is 0.915. The van der Waals surface area contributed by atoms with Gasteiger partial charge in [0.25, 0.3) is 0 Å². The number of pyridine rings is 1. The van der Waals surface area contributed by atoms with Gasteiger partial charge in [0.15, 0.2) is 0 Å². The lowest BCUT2D eigenvalue weighted by atomic mass is 10.1. The molecule has 0 fully saturated rings. The molecule has 0 radical (unpaired) electrons. The molecular weight excluding hydrogens is 290 g/mol. The zero-order chi connectivity index (χ0) is 15.4. The summed E-state index contributed by atoms with van der Waals surface area (Å²) < 4.78 is 4.02. The van der Waals surface area contributed by atoms with Crippen LogP contribution in [0.3, 0.4) is 0 Å². The molecule has 21 heavy (non-hydrogen) atoms. The standard InChI is InChI=1S/C14H15N3O3S/c1-9-12(14(19)20)13(21-16-9)17(2)11(18)6-5-10-4-3-7-15-8-10/h3-4,7-8H,5-6H2,1-2H3,(H,19,20). The number of rotatable bonds is 5. The third kappa shape index (κ3) is 3.43. The van der Waals surface area contributed by atoms with Crippen LogP contribution in [0.25, 0.3) is 0 Å². The molecule has 7 heteroatoms. The highest BCUT2D eigenvalue weighted by atomic mass is 32.1. The minimum Gasteiger partial charge on any atom is -0.478 e. The van der Waals surface area contributed by atoms with E-state index in [0.717, 1.165) is 17.1 Å². The minimum absolute atomic E-state index is 0.0947. The van der Waals surface area contributed by atoms with Gasteiger partial charge in [0.05, 0.1) is 5.69 Å². The van der Waals surface area contributed by atoms with Gasteiger partial charge in [-0.3, -0.25) is 9.78 Å². The second-order valence-electron chi connectivity index (χ2n) is 4.57. The van der Waals surface area contributed by atoms with Gasteiger partial charge in [-0.1, -0.05) is 6.07 Å². The van der Waals surface area contributed by atoms with Gasteiger partial charge in [-0.2, -0.15) is 4.37 Å². The van der Waals surface area contributed by atoms with E-state index in [-0.39, 0.29) is 17.9 Å². The van der Waals surface area contributed by atoms with Crippen molar-refractivity contribution >= 4 is 28.4 Å². The van der Waals surface area contributed by atoms with Crippen LogP contribution in [0.2, 0.25) is 0 Å². The van der Waals surface area contributed by atoms with Crippen molar-refractivity contribution in [2.75, 3.05) is 11.9 Å². The van der Waals surface area contributed by atoms with Crippen molar-refractivity contribution in [1.29, 1.82) is 0 Å². The van der Waals surface area contributed by atoms with E-state index < -0.39 is 5.97 Å². The van der Waals surface area contributed by atoms with Gasteiger partial charge in [0.2, 0.25) is 5.91 Å². The molecule has 6 nitrogen and oxygen atoms in total. The lowest BCUT2D eigenvalue weighted by Gasteiger charge is -2.15. The van der Waals surface area contributed by atoms with Crippen LogP contribution in [-0.4, -0.2) is 33.4 Å². The number of hydrogen-bond donors (Lipinski definition) is 1. The fraction of sp³-hybridized carbons (Fsp3) is 0.286. The van der Waals surface area contributed by atoms with Gasteiger partial charge >= 0.3 is 5.97 Å². The van der Waals surface area contributed by atoms with Crippen molar-refractivity contribution in [1.82, 2.24) is 9.36 Å². The SMILES string of the molecule is Cc1nsc(N(C)C(=O)CCc2cccnc2)c1C(=O)O. The predicted molar refractivity (Wildman–Crippen MR) is 79.8 cm³/mol. The third-order valence-electron chi connectivity index (χ3n) is 3.09. The predicted octanol–water partition coefficient (Wildman–Crippen LogP) is 2.14. The van der Waals surface area contributed by atoms with Gasteiger partial charge in [-0.25, -0.2) is 4.79 Å². The first-order valence-electron chi connectivity index (χ1n) is 6.35. The molecule has 0 atom stereocenters. The summed E-state index contributed by atoms with van der Waals surface area (Å²) in [6.45, 7) is 1.62. The minimum atomic E-state index is -1.07. The number of carboxylic acid groups (broad SMARTS) is 1. The molecule has 0 saturated carbocycles. The summed E-state index contributed by atoms with van der Waals surface area (Å²) in [5.74, 6) is -1.21. The highest BCUT2D eigenvalue weighted by Gasteiger charge is 2.23. The van der Waals surface area contributed by atoms with Crippen LogP contribution < -0.4 is 4.90 Å². The molecule has 2 heterocycles. The third-order valence-corrected chi connectivity index (χ3v) is 4.10. The molecular formula is C14H15N3O3S. The Morgan fingerprint density at radius 2 is 2.19 bits per heavy atom. The Labute approximate surface area is 126 Å². The van der Waals surface area contributed by atoms with E-state index >= 15 is 0 Å². The molecule has 2 aromatic rings. The Morgan fingerprint density at radius 1 is 1.43 bits per heavy atom. The molecule has 1 N–H and O–H groups in total. The van der Waals surface area contributed by atoms with Crippen molar-refractivity contribution in [3.63, 3.8) is 0 Å². The van der Waals surface area contributed by atoms with Crippen LogP contribution in [0.1, 0.15) is 28.0 Å². The first-order chi connectivity index (χ1) is 10.0. The molecule has 1 amide bonds. The maximum atomic E-state index is 12.2. The van der Waals surface area contributed by atoms with E-state index in [1.165, 1.54) is 4.90 Å². The molecule has 0 aliphatic carbocycles. The smallest absolute Gasteiger partial charge is 0.340 e. The maximum absolute atomic E-state index is 12.2. The highest BCUT2D eigenvalue weighted by molar-refractivity contribution is 7.11. The van der Waals surface area contributed by atoms with Gasteiger partial charge in [-0.05, 0) is 36.5 Å². The molecule has 2 aromatic heterocycles. The summed E-state index contributed by atoms with van der Waals surface area (Å²) >= 11 is 1.02. The molecule has 0 aliphatic heterocycles. The first kappa shape index (κ1) is 15.1. The van der Waals surface area contributed by atoms with E-state index in [4.69, 9.17) is 0 Å². The van der Waals surface area contributed by atoms with Gasteiger partial charge in [0.1, 0.15) is 10.6 Å². The van der Waals surface area contributed by atoms with Crippen LogP contribution in [0.5, 0.6) is 0 Å². The van der Waals surface area contributed by atoms with E-state index in [1.54, 1.807) is 26.4 Å². The average molecular weight is 305 g/mol. The fourth-order valence-electron chi connectivity index (χ4n) is 1.91. The zero-order valence-electron chi connectivity index (χ0n) is 11.7. The Hall–Kier alpha value is -2.28. The summed E-state index contributed by atoms with van der Waals surface area (Å²) in [4.78, 5) is 28.8. The fourth-order valence-corrected chi connectivity index (χ4v) is 2.78. The highest BCUT2D eigenvalue weighted by Crippen LogP contribution is 2.28. The lowest BCUT2D eigenvalue weighted by molar-refractivity contribution is -0.118. The second-order valence-corrected chi connectivity index (χ2v) is 5.32. The molecule has 0 aliphatic rings. The summed E-state index contributed by atoms with van der Waals surface area (Å²) in [6.07, 6.45) is 4.25. The first-order valence-corrected chi connectivity index (χ1v) is 7.13. The number of carbonyl (C=O) groups is 2. The number of aromatic nitrogens is 2. The second kappa shape index (κ2) is 6.45. The van der Waals surface area contributed by atoms with Gasteiger partial charge < -0.3 is 10.0 Å². The number of nitrogens with zero attached hydrogens (tertiary/aromatic N) is 3. The zero-order valence-corrected chi connectivity index (χ0v) is 12.6. The van der Waals surface area contributed by atoms with Crippen LogP contribution >= 0.6 is 11.5 Å². The van der Waals surface area contributed by atoms with Crippen LogP contribution in [0, 0.1) is 6.92 Å². The Bertz CT molecular complexity index is 655. The van der Waals surface area contributed by atoms with Crippen molar-refractivity contribution in [3.05, 3.63) is 41.3 Å². The summed E-state index contributed by atoms with van der Waals surface area (Å²) in [5, 5.41) is 9.57. The maximum Gasteiger partial charge on any atom is 0.340 e. The average Bonchev–Trinajstić information content (AvgIpc) is 2.87. The molecule has 0 aromatic carbocycles. The topological polar surface area (TPSA) is 83.4 Å². The molecule has 110 valence electrons. The van der Waals surface area contributed by atoms with E-state index in [9.17, 15) is 14.7 Å². The normalized spacial score (nSPS) is 10.4. The van der Waals surface area contributed by atoms with Gasteiger partial charge in [0, 0.05) is 25.9 Å². The van der Waals surface area contributed by atoms with E-state index in [1.807, 2.05) is 12.1 Å². The number of anilines is 1. The van der Waals surface area contributed by atoms with Crippen molar-refractivity contribution < 1.29 is 14.7 Å². The Morgan fingerprint density at radius 3 is 2.81 bits per heavy atom. The van der Waals surface area contributed by atoms with Gasteiger partial charge in [-0.15, -0.1) is 0 Å². The van der Waals surface area contributed by atoms with Crippen molar-refractivity contribution in [3.8, 4) is 0 Å². The molecule has 0 unspecified atom stereocenters. The number of amides is 1. The number of carboxylic acids is 1. The van der Waals surface area contributed by atoms with Crippen molar-refractivity contribution in [2.24, 2.45) is 0 Å². The van der Waals surface area contributed by atoms with E-state index in [2.05, 4.69) is 9.36 Å². The van der Waals surface area contributed by atoms with Crippen LogP contribution in [0.4, 0.5) is 5.00 Å². The van der Waals surface area contributed by atoms with Crippen LogP contribution in [0.15, 0.2) is 24.5 Å². The molecule has 2 rings (SSSR count). The monoisotopic (exact) mass is 305 g/mol. The molecule has 0 bridgehead atoms. The van der Waals surface area contributed by atoms with Crippen LogP contribution in [-0.2, 0) is 11.2 Å². The number of hydrogen-bond acceptors (Lipinski definition) is 5. The largest absolute Gasteiger partial charge is 0.478 e.